The lowest BCUT2D eigenvalue weighted by Crippen LogP contribution is -2.23. The Hall–Kier alpha value is -2.05. The number of aromatic hydroxyl groups is 1. The molecule has 0 bridgehead atoms. The van der Waals surface area contributed by atoms with Gasteiger partial charge in [0.15, 0.2) is 0 Å². The fourth-order valence-electron chi connectivity index (χ4n) is 2.11. The number of anilines is 1. The van der Waals surface area contributed by atoms with Gasteiger partial charge in [-0.1, -0.05) is 18.2 Å². The fourth-order valence-corrected chi connectivity index (χ4v) is 3.15. The average molecular weight is 320 g/mol. The zero-order valence-electron chi connectivity index (χ0n) is 12.9. The Morgan fingerprint density at radius 3 is 2.32 bits per heavy atom. The van der Waals surface area contributed by atoms with Crippen LogP contribution >= 0.6 is 0 Å². The molecule has 2 aromatic carbocycles. The Morgan fingerprint density at radius 1 is 1.09 bits per heavy atom. The Balaban J connectivity index is 2.20. The lowest BCUT2D eigenvalue weighted by atomic mass is 10.2. The van der Waals surface area contributed by atoms with Crippen LogP contribution in [0.25, 0.3) is 0 Å². The smallest absolute Gasteiger partial charge is 0.240 e. The van der Waals surface area contributed by atoms with E-state index in [9.17, 15) is 13.5 Å². The van der Waals surface area contributed by atoms with E-state index in [1.807, 2.05) is 25.9 Å². The van der Waals surface area contributed by atoms with E-state index in [2.05, 4.69) is 4.72 Å². The molecule has 0 aliphatic carbocycles. The summed E-state index contributed by atoms with van der Waals surface area (Å²) >= 11 is 0. The van der Waals surface area contributed by atoms with Crippen LogP contribution in [0.4, 0.5) is 5.69 Å². The molecule has 0 fully saturated rings. The minimum atomic E-state index is -3.58. The van der Waals surface area contributed by atoms with Crippen molar-refractivity contribution < 1.29 is 13.5 Å². The third-order valence-electron chi connectivity index (χ3n) is 3.38. The van der Waals surface area contributed by atoms with Gasteiger partial charge in [0.2, 0.25) is 10.0 Å². The van der Waals surface area contributed by atoms with Gasteiger partial charge in [0.25, 0.3) is 0 Å². The lowest BCUT2D eigenvalue weighted by molar-refractivity contribution is 0.475. The summed E-state index contributed by atoms with van der Waals surface area (Å²) in [5.74, 6) is 0.153. The van der Waals surface area contributed by atoms with Gasteiger partial charge in [0, 0.05) is 26.3 Å². The Morgan fingerprint density at radius 2 is 1.73 bits per heavy atom. The molecule has 2 rings (SSSR count). The summed E-state index contributed by atoms with van der Waals surface area (Å²) in [4.78, 5) is 2.12. The molecule has 118 valence electrons. The molecule has 0 aromatic heterocycles. The first-order valence-corrected chi connectivity index (χ1v) is 8.33. The fraction of sp³-hybridized carbons (Fsp3) is 0.250. The van der Waals surface area contributed by atoms with Crippen LogP contribution in [-0.4, -0.2) is 27.6 Å². The number of nitrogens with zero attached hydrogens (tertiary/aromatic N) is 1. The van der Waals surface area contributed by atoms with Crippen LogP contribution in [0, 0.1) is 6.92 Å². The first-order chi connectivity index (χ1) is 10.3. The molecule has 22 heavy (non-hydrogen) atoms. The van der Waals surface area contributed by atoms with Crippen LogP contribution in [-0.2, 0) is 16.6 Å². The van der Waals surface area contributed by atoms with Gasteiger partial charge in [-0.2, -0.15) is 0 Å². The topological polar surface area (TPSA) is 69.6 Å². The van der Waals surface area contributed by atoms with E-state index in [1.54, 1.807) is 30.3 Å². The number of sulfonamides is 1. The van der Waals surface area contributed by atoms with Crippen molar-refractivity contribution in [2.75, 3.05) is 19.0 Å². The van der Waals surface area contributed by atoms with Crippen molar-refractivity contribution in [3.63, 3.8) is 0 Å². The second kappa shape index (κ2) is 6.37. The van der Waals surface area contributed by atoms with Gasteiger partial charge in [0.1, 0.15) is 5.75 Å². The summed E-state index contributed by atoms with van der Waals surface area (Å²) in [7, 11) is 0.175. The number of nitrogens with one attached hydrogen (secondary N) is 1. The Kier molecular flexibility index (Phi) is 4.73. The van der Waals surface area contributed by atoms with Gasteiger partial charge in [-0.25, -0.2) is 13.1 Å². The highest BCUT2D eigenvalue weighted by molar-refractivity contribution is 7.89. The van der Waals surface area contributed by atoms with Crippen LogP contribution in [0.5, 0.6) is 5.75 Å². The number of phenolic OH excluding ortho intramolecular Hbond substituents is 1. The SMILES string of the molecule is Cc1ccc(S(=O)(=O)NCc2ccc(O)cc2)cc1N(C)C. The maximum Gasteiger partial charge on any atom is 0.240 e. The van der Waals surface area contributed by atoms with E-state index in [0.29, 0.717) is 0 Å². The molecule has 0 atom stereocenters. The minimum absolute atomic E-state index is 0.153. The first-order valence-electron chi connectivity index (χ1n) is 6.85. The molecule has 0 aliphatic heterocycles. The van der Waals surface area contributed by atoms with Gasteiger partial charge in [-0.3, -0.25) is 0 Å². The maximum absolute atomic E-state index is 12.4. The van der Waals surface area contributed by atoms with Crippen LogP contribution in [0.2, 0.25) is 0 Å². The predicted octanol–water partition coefficient (Wildman–Crippen LogP) is 2.25. The molecule has 0 saturated carbocycles. The Bertz CT molecular complexity index is 753. The molecule has 0 amide bonds. The molecule has 0 unspecified atom stereocenters. The first kappa shape index (κ1) is 16.3. The van der Waals surface area contributed by atoms with Gasteiger partial charge < -0.3 is 10.0 Å². The zero-order valence-corrected chi connectivity index (χ0v) is 13.7. The largest absolute Gasteiger partial charge is 0.508 e. The van der Waals surface area contributed by atoms with Gasteiger partial charge in [-0.05, 0) is 42.3 Å². The van der Waals surface area contributed by atoms with E-state index in [1.165, 1.54) is 12.1 Å². The van der Waals surface area contributed by atoms with Crippen molar-refractivity contribution in [1.82, 2.24) is 4.72 Å². The van der Waals surface area contributed by atoms with Crippen LogP contribution in [0.15, 0.2) is 47.4 Å². The molecule has 0 radical (unpaired) electrons. The lowest BCUT2D eigenvalue weighted by Gasteiger charge is -2.17. The highest BCUT2D eigenvalue weighted by atomic mass is 32.2. The van der Waals surface area contributed by atoms with E-state index in [4.69, 9.17) is 0 Å². The Labute approximate surface area is 131 Å². The van der Waals surface area contributed by atoms with Crippen LogP contribution in [0.1, 0.15) is 11.1 Å². The van der Waals surface area contributed by atoms with Gasteiger partial charge >= 0.3 is 0 Å². The molecule has 0 aliphatic rings. The average Bonchev–Trinajstić information content (AvgIpc) is 2.46. The summed E-state index contributed by atoms with van der Waals surface area (Å²) in [5.41, 5.74) is 2.66. The molecule has 6 heteroatoms. The molecule has 5 nitrogen and oxygen atoms in total. The van der Waals surface area contributed by atoms with E-state index in [0.717, 1.165) is 16.8 Å². The predicted molar refractivity (Wildman–Crippen MR) is 87.6 cm³/mol. The van der Waals surface area contributed by atoms with E-state index in [-0.39, 0.29) is 17.2 Å². The number of rotatable bonds is 5. The molecule has 0 saturated heterocycles. The van der Waals surface area contributed by atoms with E-state index >= 15 is 0 Å². The number of hydrogen-bond donors (Lipinski definition) is 2. The molecule has 0 heterocycles. The quantitative estimate of drug-likeness (QED) is 0.886. The maximum atomic E-state index is 12.4. The van der Waals surface area contributed by atoms with Crippen molar-refractivity contribution in [2.24, 2.45) is 0 Å². The number of hydrogen-bond acceptors (Lipinski definition) is 4. The third kappa shape index (κ3) is 3.78. The number of phenols is 1. The zero-order chi connectivity index (χ0) is 16.3. The highest BCUT2D eigenvalue weighted by Crippen LogP contribution is 2.22. The van der Waals surface area contributed by atoms with Crippen LogP contribution in [0.3, 0.4) is 0 Å². The molecule has 2 aromatic rings. The number of aryl methyl sites for hydroxylation is 1. The summed E-state index contributed by atoms with van der Waals surface area (Å²) in [6.07, 6.45) is 0. The summed E-state index contributed by atoms with van der Waals surface area (Å²) in [6.45, 7) is 2.11. The summed E-state index contributed by atoms with van der Waals surface area (Å²) in [5, 5.41) is 9.23. The second-order valence-corrected chi connectivity index (χ2v) is 7.10. The van der Waals surface area contributed by atoms with Gasteiger partial charge in [-0.15, -0.1) is 0 Å². The summed E-state index contributed by atoms with van der Waals surface area (Å²) < 4.78 is 27.3. The van der Waals surface area contributed by atoms with Crippen molar-refractivity contribution in [2.45, 2.75) is 18.4 Å². The summed E-state index contributed by atoms with van der Waals surface area (Å²) in [6, 6.07) is 11.5. The highest BCUT2D eigenvalue weighted by Gasteiger charge is 2.15. The number of benzene rings is 2. The monoisotopic (exact) mass is 320 g/mol. The molecule has 2 N–H and O–H groups in total. The minimum Gasteiger partial charge on any atom is -0.508 e. The van der Waals surface area contributed by atoms with Crippen LogP contribution < -0.4 is 9.62 Å². The molecule has 0 spiro atoms. The standard InChI is InChI=1S/C16H20N2O3S/c1-12-4-9-15(10-16(12)18(2)3)22(20,21)17-11-13-5-7-14(19)8-6-13/h4-10,17,19H,11H2,1-3H3. The van der Waals surface area contributed by atoms with Crippen molar-refractivity contribution >= 4 is 15.7 Å². The molecular weight excluding hydrogens is 300 g/mol. The van der Waals surface area contributed by atoms with Crippen molar-refractivity contribution in [3.8, 4) is 5.75 Å². The second-order valence-electron chi connectivity index (χ2n) is 5.33. The van der Waals surface area contributed by atoms with Crippen molar-refractivity contribution in [3.05, 3.63) is 53.6 Å². The normalized spacial score (nSPS) is 11.4. The van der Waals surface area contributed by atoms with Crippen molar-refractivity contribution in [1.29, 1.82) is 0 Å². The third-order valence-corrected chi connectivity index (χ3v) is 4.77. The molecular formula is C16H20N2O3S. The van der Waals surface area contributed by atoms with E-state index < -0.39 is 10.0 Å². The van der Waals surface area contributed by atoms with Gasteiger partial charge in [0.05, 0.1) is 4.90 Å².